The predicted molar refractivity (Wildman–Crippen MR) is 106 cm³/mol. The minimum Gasteiger partial charge on any atom is -0.487 e. The number of fused-ring (bicyclic) bond motifs is 2. The van der Waals surface area contributed by atoms with Crippen molar-refractivity contribution in [3.63, 3.8) is 0 Å². The zero-order valence-corrected chi connectivity index (χ0v) is 17.2. The van der Waals surface area contributed by atoms with Crippen molar-refractivity contribution in [1.82, 2.24) is 9.62 Å². The lowest BCUT2D eigenvalue weighted by atomic mass is 9.89. The Hall–Kier alpha value is -2.87. The number of rotatable bonds is 3. The van der Waals surface area contributed by atoms with Crippen LogP contribution in [-0.4, -0.2) is 36.7 Å². The maximum absolute atomic E-state index is 12.7. The van der Waals surface area contributed by atoms with E-state index in [9.17, 15) is 18.0 Å². The van der Waals surface area contributed by atoms with E-state index in [2.05, 4.69) is 5.32 Å². The van der Waals surface area contributed by atoms with E-state index < -0.39 is 34.0 Å². The number of nitrogens with one attached hydrogen (secondary N) is 1. The van der Waals surface area contributed by atoms with Gasteiger partial charge in [-0.1, -0.05) is 29.8 Å². The average Bonchev–Trinajstić information content (AvgIpc) is 2.83. The fraction of sp³-hybridized carbons (Fsp3) is 0.333. The molecule has 4 rings (SSSR count). The van der Waals surface area contributed by atoms with Crippen LogP contribution in [0.3, 0.4) is 0 Å². The fourth-order valence-electron chi connectivity index (χ4n) is 3.86. The van der Waals surface area contributed by atoms with Crippen molar-refractivity contribution >= 4 is 21.8 Å². The number of ether oxygens (including phenoxy) is 1. The second kappa shape index (κ2) is 6.59. The third kappa shape index (κ3) is 3.37. The summed E-state index contributed by atoms with van der Waals surface area (Å²) in [5.74, 6) is -0.529. The van der Waals surface area contributed by atoms with Gasteiger partial charge in [0.1, 0.15) is 22.8 Å². The molecule has 8 heteroatoms. The van der Waals surface area contributed by atoms with Gasteiger partial charge in [0.05, 0.1) is 11.6 Å². The van der Waals surface area contributed by atoms with Crippen LogP contribution in [0.15, 0.2) is 47.4 Å². The molecular formula is C21H22N2O5S. The SMILES string of the molecule is Cc1ccc2c(c1)C(NC(=O)CN1C(=O)c3ccccc3S1(=O)=O)CC(C)(C)O2. The number of sulfonamides is 1. The van der Waals surface area contributed by atoms with Gasteiger partial charge < -0.3 is 10.1 Å². The summed E-state index contributed by atoms with van der Waals surface area (Å²) < 4.78 is 32.0. The standard InChI is InChI=1S/C21H22N2O5S/c1-13-8-9-17-15(10-13)16(11-21(2,3)28-17)22-19(24)12-23-20(25)14-6-4-5-7-18(14)29(23,26)27/h4-10,16H,11-12H2,1-3H3,(H,22,24). The molecule has 0 saturated carbocycles. The molecule has 0 aromatic heterocycles. The maximum Gasteiger partial charge on any atom is 0.269 e. The molecule has 0 aliphatic carbocycles. The zero-order chi connectivity index (χ0) is 21.0. The zero-order valence-electron chi connectivity index (χ0n) is 16.4. The maximum atomic E-state index is 12.7. The molecule has 2 heterocycles. The van der Waals surface area contributed by atoms with Gasteiger partial charge >= 0.3 is 0 Å². The van der Waals surface area contributed by atoms with E-state index >= 15 is 0 Å². The van der Waals surface area contributed by atoms with Gasteiger partial charge in [0.15, 0.2) is 0 Å². The highest BCUT2D eigenvalue weighted by molar-refractivity contribution is 7.90. The first-order valence-electron chi connectivity index (χ1n) is 9.33. The normalized spacial score (nSPS) is 21.1. The first-order chi connectivity index (χ1) is 13.6. The van der Waals surface area contributed by atoms with Crippen molar-refractivity contribution < 1.29 is 22.7 Å². The topological polar surface area (TPSA) is 92.8 Å². The Balaban J connectivity index is 1.57. The van der Waals surface area contributed by atoms with E-state index in [1.807, 2.05) is 39.0 Å². The van der Waals surface area contributed by atoms with Gasteiger partial charge in [0.25, 0.3) is 15.9 Å². The Morgan fingerprint density at radius 2 is 1.97 bits per heavy atom. The van der Waals surface area contributed by atoms with Crippen LogP contribution in [0.25, 0.3) is 0 Å². The molecule has 1 N–H and O–H groups in total. The van der Waals surface area contributed by atoms with Crippen molar-refractivity contribution in [1.29, 1.82) is 0 Å². The number of carbonyl (C=O) groups excluding carboxylic acids is 2. The highest BCUT2D eigenvalue weighted by atomic mass is 32.2. The highest BCUT2D eigenvalue weighted by Crippen LogP contribution is 2.40. The van der Waals surface area contributed by atoms with E-state index in [1.54, 1.807) is 12.1 Å². The highest BCUT2D eigenvalue weighted by Gasteiger charge is 2.42. The molecule has 152 valence electrons. The quantitative estimate of drug-likeness (QED) is 0.833. The number of hydrogen-bond acceptors (Lipinski definition) is 5. The third-order valence-electron chi connectivity index (χ3n) is 5.16. The number of hydrogen-bond donors (Lipinski definition) is 1. The largest absolute Gasteiger partial charge is 0.487 e. The average molecular weight is 414 g/mol. The molecule has 2 aliphatic heterocycles. The molecule has 0 fully saturated rings. The van der Waals surface area contributed by atoms with Gasteiger partial charge in [-0.25, -0.2) is 12.7 Å². The summed E-state index contributed by atoms with van der Waals surface area (Å²) >= 11 is 0. The van der Waals surface area contributed by atoms with Crippen LogP contribution < -0.4 is 10.1 Å². The second-order valence-corrected chi connectivity index (χ2v) is 9.87. The molecular weight excluding hydrogens is 392 g/mol. The van der Waals surface area contributed by atoms with E-state index in [-0.39, 0.29) is 16.5 Å². The number of nitrogens with zero attached hydrogens (tertiary/aromatic N) is 1. The minimum atomic E-state index is -4.02. The van der Waals surface area contributed by atoms with Crippen LogP contribution in [-0.2, 0) is 14.8 Å². The van der Waals surface area contributed by atoms with Crippen LogP contribution in [0.2, 0.25) is 0 Å². The molecule has 29 heavy (non-hydrogen) atoms. The van der Waals surface area contributed by atoms with E-state index in [0.717, 1.165) is 11.1 Å². The molecule has 2 amide bonds. The second-order valence-electron chi connectivity index (χ2n) is 8.04. The van der Waals surface area contributed by atoms with Gasteiger partial charge in [-0.15, -0.1) is 0 Å². The lowest BCUT2D eigenvalue weighted by Crippen LogP contribution is -2.45. The van der Waals surface area contributed by atoms with Gasteiger partial charge in [0.2, 0.25) is 5.91 Å². The molecule has 1 unspecified atom stereocenters. The van der Waals surface area contributed by atoms with Gasteiger partial charge in [-0.3, -0.25) is 9.59 Å². The Labute approximate surface area is 169 Å². The van der Waals surface area contributed by atoms with Crippen LogP contribution in [0, 0.1) is 6.92 Å². The van der Waals surface area contributed by atoms with Crippen molar-refractivity contribution in [2.75, 3.05) is 6.54 Å². The monoisotopic (exact) mass is 414 g/mol. The van der Waals surface area contributed by atoms with Gasteiger partial charge in [-0.2, -0.15) is 0 Å². The summed E-state index contributed by atoms with van der Waals surface area (Å²) in [6.07, 6.45) is 0.524. The van der Waals surface area contributed by atoms with Crippen molar-refractivity contribution in [2.45, 2.75) is 43.7 Å². The first kappa shape index (κ1) is 19.4. The number of amides is 2. The van der Waals surface area contributed by atoms with E-state index in [4.69, 9.17) is 4.74 Å². The molecule has 1 atom stereocenters. The molecule has 0 saturated heterocycles. The lowest BCUT2D eigenvalue weighted by Gasteiger charge is -2.38. The van der Waals surface area contributed by atoms with Gasteiger partial charge in [0, 0.05) is 12.0 Å². The van der Waals surface area contributed by atoms with E-state index in [0.29, 0.717) is 16.5 Å². The van der Waals surface area contributed by atoms with Crippen LogP contribution in [0.1, 0.15) is 47.8 Å². The number of carbonyl (C=O) groups is 2. The summed E-state index contributed by atoms with van der Waals surface area (Å²) in [6.45, 7) is 5.25. The number of aryl methyl sites for hydroxylation is 1. The predicted octanol–water partition coefficient (Wildman–Crippen LogP) is 2.56. The summed E-state index contributed by atoms with van der Waals surface area (Å²) in [5.41, 5.74) is 1.47. The molecule has 0 radical (unpaired) electrons. The van der Waals surface area contributed by atoms with Crippen LogP contribution in [0.4, 0.5) is 0 Å². The Morgan fingerprint density at radius 3 is 2.69 bits per heavy atom. The molecule has 0 spiro atoms. The van der Waals surface area contributed by atoms with Gasteiger partial charge in [-0.05, 0) is 39.0 Å². The van der Waals surface area contributed by atoms with E-state index in [1.165, 1.54) is 12.1 Å². The smallest absolute Gasteiger partial charge is 0.269 e. The summed E-state index contributed by atoms with van der Waals surface area (Å²) in [4.78, 5) is 25.2. The molecule has 0 bridgehead atoms. The first-order valence-corrected chi connectivity index (χ1v) is 10.8. The summed E-state index contributed by atoms with van der Waals surface area (Å²) in [6, 6.07) is 11.4. The van der Waals surface area contributed by atoms with Crippen molar-refractivity contribution in [2.24, 2.45) is 0 Å². The fourth-order valence-corrected chi connectivity index (χ4v) is 5.39. The Bertz CT molecular complexity index is 1120. The van der Waals surface area contributed by atoms with Crippen LogP contribution >= 0.6 is 0 Å². The summed E-state index contributed by atoms with van der Waals surface area (Å²) in [7, 11) is -4.02. The molecule has 2 aromatic carbocycles. The van der Waals surface area contributed by atoms with Crippen LogP contribution in [0.5, 0.6) is 5.75 Å². The molecule has 7 nitrogen and oxygen atoms in total. The number of benzene rings is 2. The molecule has 2 aromatic rings. The van der Waals surface area contributed by atoms with Crippen molar-refractivity contribution in [3.05, 3.63) is 59.2 Å². The lowest BCUT2D eigenvalue weighted by molar-refractivity contribution is -0.122. The van der Waals surface area contributed by atoms with Crippen molar-refractivity contribution in [3.8, 4) is 5.75 Å². The summed E-state index contributed by atoms with van der Waals surface area (Å²) in [5, 5.41) is 2.89. The Kier molecular flexibility index (Phi) is 4.42. The minimum absolute atomic E-state index is 0.0639. The third-order valence-corrected chi connectivity index (χ3v) is 6.94. The Morgan fingerprint density at radius 1 is 1.24 bits per heavy atom. The molecule has 2 aliphatic rings.